The predicted octanol–water partition coefficient (Wildman–Crippen LogP) is 9.61. The Balaban J connectivity index is 0.000000188. The van der Waals surface area contributed by atoms with Crippen LogP contribution in [0.4, 0.5) is 0 Å². The van der Waals surface area contributed by atoms with Crippen LogP contribution in [0.2, 0.25) is 5.02 Å². The molecule has 3 aromatic carbocycles. The van der Waals surface area contributed by atoms with Crippen molar-refractivity contribution in [1.82, 2.24) is 0 Å². The van der Waals surface area contributed by atoms with Crippen LogP contribution in [0.25, 0.3) is 11.1 Å². The Morgan fingerprint density at radius 3 is 2.08 bits per heavy atom. The van der Waals surface area contributed by atoms with Crippen LogP contribution in [0.1, 0.15) is 59.2 Å². The highest BCUT2D eigenvalue weighted by atomic mass is 35.5. The van der Waals surface area contributed by atoms with Crippen molar-refractivity contribution in [3.63, 3.8) is 0 Å². The van der Waals surface area contributed by atoms with Crippen molar-refractivity contribution in [1.29, 1.82) is 5.41 Å². The van der Waals surface area contributed by atoms with Gasteiger partial charge in [-0.05, 0) is 94.8 Å². The summed E-state index contributed by atoms with van der Waals surface area (Å²) in [4.78, 5) is 0. The van der Waals surface area contributed by atoms with Crippen LogP contribution in [-0.4, -0.2) is 5.71 Å². The van der Waals surface area contributed by atoms with Gasteiger partial charge in [0.2, 0.25) is 0 Å². The number of fused-ring (bicyclic) bond motifs is 3. The standard InChI is InChI=1S/C16H13Cl.C16H17N.C2H6/c1-11-15-5-3-2-4-12(15)6-7-13-10-14(17)8-9-16(11)13;1-4-5-13-7-8-14-10-11(2)6-9-15(14)12(3)16(13)17;1-2/h2-5,8-10H,1,6-7H2;4-6,9-10,17H,1,3,7-8H2,2H3;1-2H3/b;13-5-,17-16?;. The van der Waals surface area contributed by atoms with E-state index in [1.54, 1.807) is 6.08 Å². The Morgan fingerprint density at radius 2 is 1.33 bits per heavy atom. The van der Waals surface area contributed by atoms with Crippen LogP contribution < -0.4 is 0 Å². The number of allylic oxidation sites excluding steroid dienone is 4. The van der Waals surface area contributed by atoms with Gasteiger partial charge in [-0.15, -0.1) is 0 Å². The Hall–Kier alpha value is -3.42. The fourth-order valence-electron chi connectivity index (χ4n) is 4.77. The molecule has 0 aromatic heterocycles. The lowest BCUT2D eigenvalue weighted by atomic mass is 9.96. The first-order valence-electron chi connectivity index (χ1n) is 12.6. The van der Waals surface area contributed by atoms with Crippen molar-refractivity contribution in [3.05, 3.63) is 142 Å². The Kier molecular flexibility index (Phi) is 9.44. The van der Waals surface area contributed by atoms with Crippen LogP contribution in [-0.2, 0) is 19.3 Å². The highest BCUT2D eigenvalue weighted by Crippen LogP contribution is 2.33. The monoisotopic (exact) mass is 493 g/mol. The van der Waals surface area contributed by atoms with Gasteiger partial charge in [-0.3, -0.25) is 5.41 Å². The van der Waals surface area contributed by atoms with Crippen LogP contribution in [0.5, 0.6) is 0 Å². The molecule has 0 spiro atoms. The first-order valence-corrected chi connectivity index (χ1v) is 13.0. The number of halogens is 1. The molecule has 2 heteroatoms. The lowest BCUT2D eigenvalue weighted by molar-refractivity contribution is 0.965. The molecule has 0 amide bonds. The maximum atomic E-state index is 8.16. The average molecular weight is 494 g/mol. The molecule has 1 nitrogen and oxygen atoms in total. The zero-order valence-corrected chi connectivity index (χ0v) is 22.5. The number of nitrogens with one attached hydrogen (secondary N) is 1. The van der Waals surface area contributed by atoms with E-state index in [2.05, 4.69) is 81.3 Å². The number of rotatable bonds is 1. The maximum Gasteiger partial charge on any atom is 0.0644 e. The van der Waals surface area contributed by atoms with E-state index >= 15 is 0 Å². The largest absolute Gasteiger partial charge is 0.300 e. The van der Waals surface area contributed by atoms with Crippen LogP contribution in [0.3, 0.4) is 0 Å². The minimum atomic E-state index is 0.549. The van der Waals surface area contributed by atoms with Crippen molar-refractivity contribution in [3.8, 4) is 0 Å². The van der Waals surface area contributed by atoms with Crippen molar-refractivity contribution in [2.45, 2.75) is 46.5 Å². The van der Waals surface area contributed by atoms with Gasteiger partial charge in [0.05, 0.1) is 5.71 Å². The molecule has 5 rings (SSSR count). The summed E-state index contributed by atoms with van der Waals surface area (Å²) in [5.41, 5.74) is 12.4. The molecule has 0 saturated heterocycles. The average Bonchev–Trinajstić information content (AvgIpc) is 3.10. The Labute approximate surface area is 222 Å². The van der Waals surface area contributed by atoms with Crippen LogP contribution in [0.15, 0.2) is 98.1 Å². The van der Waals surface area contributed by atoms with E-state index in [1.165, 1.54) is 33.4 Å². The van der Waals surface area contributed by atoms with E-state index in [1.807, 2.05) is 26.0 Å². The molecule has 184 valence electrons. The van der Waals surface area contributed by atoms with Gasteiger partial charge in [0.1, 0.15) is 0 Å². The maximum absolute atomic E-state index is 8.16. The minimum absolute atomic E-state index is 0.549. The third-order valence-corrected chi connectivity index (χ3v) is 6.83. The second-order valence-corrected chi connectivity index (χ2v) is 9.32. The summed E-state index contributed by atoms with van der Waals surface area (Å²) in [5, 5.41) is 8.97. The highest BCUT2D eigenvalue weighted by Gasteiger charge is 2.18. The van der Waals surface area contributed by atoms with Crippen molar-refractivity contribution < 1.29 is 0 Å². The van der Waals surface area contributed by atoms with Crippen LogP contribution >= 0.6 is 11.6 Å². The summed E-state index contributed by atoms with van der Waals surface area (Å²) in [6, 6.07) is 21.0. The fraction of sp³-hybridized carbons (Fsp3) is 0.206. The third kappa shape index (κ3) is 6.04. The molecule has 2 aliphatic carbocycles. The van der Waals surface area contributed by atoms with Crippen molar-refractivity contribution in [2.24, 2.45) is 0 Å². The van der Waals surface area contributed by atoms with E-state index in [-0.39, 0.29) is 0 Å². The molecule has 0 atom stereocenters. The molecule has 0 unspecified atom stereocenters. The van der Waals surface area contributed by atoms with Gasteiger partial charge < -0.3 is 0 Å². The molecular weight excluding hydrogens is 458 g/mol. The molecule has 0 saturated carbocycles. The molecule has 1 N–H and O–H groups in total. The Morgan fingerprint density at radius 1 is 0.750 bits per heavy atom. The number of benzene rings is 3. The van der Waals surface area contributed by atoms with Crippen molar-refractivity contribution in [2.75, 3.05) is 0 Å². The highest BCUT2D eigenvalue weighted by molar-refractivity contribution is 6.31. The fourth-order valence-corrected chi connectivity index (χ4v) is 4.96. The zero-order chi connectivity index (χ0) is 26.2. The Bertz CT molecular complexity index is 1340. The summed E-state index contributed by atoms with van der Waals surface area (Å²) < 4.78 is 0. The topological polar surface area (TPSA) is 23.9 Å². The molecule has 0 fully saturated rings. The van der Waals surface area contributed by atoms with E-state index in [0.29, 0.717) is 5.71 Å². The number of hydrogen-bond donors (Lipinski definition) is 1. The van der Waals surface area contributed by atoms with Gasteiger partial charge in [0.25, 0.3) is 0 Å². The molecule has 0 heterocycles. The summed E-state index contributed by atoms with van der Waals surface area (Å²) in [6.07, 6.45) is 7.62. The molecule has 36 heavy (non-hydrogen) atoms. The van der Waals surface area contributed by atoms with E-state index in [0.717, 1.165) is 53.0 Å². The van der Waals surface area contributed by atoms with E-state index < -0.39 is 0 Å². The lowest BCUT2D eigenvalue weighted by Gasteiger charge is -2.09. The van der Waals surface area contributed by atoms with Gasteiger partial charge in [-0.25, -0.2) is 0 Å². The summed E-state index contributed by atoms with van der Waals surface area (Å²) in [5.74, 6) is 0. The second-order valence-electron chi connectivity index (χ2n) is 8.88. The predicted molar refractivity (Wildman–Crippen MR) is 159 cm³/mol. The van der Waals surface area contributed by atoms with Crippen molar-refractivity contribution >= 4 is 28.5 Å². The smallest absolute Gasteiger partial charge is 0.0644 e. The first-order chi connectivity index (χ1) is 17.4. The van der Waals surface area contributed by atoms with E-state index in [4.69, 9.17) is 17.0 Å². The first kappa shape index (κ1) is 27.2. The normalized spacial score (nSPS) is 15.1. The molecule has 0 radical (unpaired) electrons. The van der Waals surface area contributed by atoms with E-state index in [9.17, 15) is 0 Å². The number of aryl methyl sites for hydroxylation is 4. The quantitative estimate of drug-likeness (QED) is 0.326. The summed E-state index contributed by atoms with van der Waals surface area (Å²) in [7, 11) is 0. The van der Waals surface area contributed by atoms with Gasteiger partial charge in [-0.2, -0.15) is 0 Å². The molecule has 0 aliphatic heterocycles. The van der Waals surface area contributed by atoms with Gasteiger partial charge in [0, 0.05) is 5.02 Å². The minimum Gasteiger partial charge on any atom is -0.300 e. The number of hydrogen-bond acceptors (Lipinski definition) is 1. The third-order valence-electron chi connectivity index (χ3n) is 6.59. The van der Waals surface area contributed by atoms with Crippen LogP contribution in [0, 0.1) is 12.3 Å². The molecule has 3 aromatic rings. The summed E-state index contributed by atoms with van der Waals surface area (Å²) in [6.45, 7) is 18.1. The van der Waals surface area contributed by atoms with Gasteiger partial charge in [-0.1, -0.05) is 111 Å². The molecule has 0 bridgehead atoms. The molecule has 2 aliphatic rings. The zero-order valence-electron chi connectivity index (χ0n) is 21.8. The summed E-state index contributed by atoms with van der Waals surface area (Å²) >= 11 is 6.06. The molecular formula is C34H36ClN. The SMILES string of the molecule is C=C/C=C1/CCc2cc(C)ccc2C(=C)C1=N.C=C1c2ccccc2CCc2cc(Cl)ccc21.CC. The second kappa shape index (κ2) is 12.5. The lowest BCUT2D eigenvalue weighted by Crippen LogP contribution is -2.01. The van der Waals surface area contributed by atoms with Gasteiger partial charge in [0.15, 0.2) is 0 Å². The van der Waals surface area contributed by atoms with Gasteiger partial charge >= 0.3 is 0 Å².